The van der Waals surface area contributed by atoms with E-state index in [0.717, 1.165) is 10.6 Å². The molecular weight excluding hydrogens is 301 g/mol. The van der Waals surface area contributed by atoms with E-state index < -0.39 is 11.7 Å². The van der Waals surface area contributed by atoms with Gasteiger partial charge in [-0.05, 0) is 12.1 Å². The van der Waals surface area contributed by atoms with Crippen LogP contribution in [0.25, 0.3) is 10.6 Å². The van der Waals surface area contributed by atoms with Gasteiger partial charge in [-0.1, -0.05) is 53.8 Å². The van der Waals surface area contributed by atoms with Gasteiger partial charge >= 0.3 is 0 Å². The van der Waals surface area contributed by atoms with Gasteiger partial charge in [0, 0.05) is 5.56 Å². The number of carbonyl (C=O) groups is 1. The van der Waals surface area contributed by atoms with Crippen molar-refractivity contribution in [2.75, 3.05) is 0 Å². The van der Waals surface area contributed by atoms with Gasteiger partial charge in [-0.15, -0.1) is 10.2 Å². The van der Waals surface area contributed by atoms with Crippen molar-refractivity contribution < 1.29 is 9.18 Å². The molecular formula is C16H12FN3OS. The van der Waals surface area contributed by atoms with Gasteiger partial charge < -0.3 is 5.32 Å². The molecule has 1 amide bonds. The third-order valence-corrected chi connectivity index (χ3v) is 3.98. The number of hydrogen-bond acceptors (Lipinski definition) is 4. The van der Waals surface area contributed by atoms with E-state index in [0.29, 0.717) is 5.01 Å². The fraction of sp³-hybridized carbons (Fsp3) is 0.0625. The maximum atomic E-state index is 13.5. The summed E-state index contributed by atoms with van der Waals surface area (Å²) in [4.78, 5) is 11.9. The van der Waals surface area contributed by atoms with Crippen molar-refractivity contribution >= 4 is 17.2 Å². The summed E-state index contributed by atoms with van der Waals surface area (Å²) in [6.07, 6.45) is 0. The molecule has 6 heteroatoms. The number of aromatic nitrogens is 2. The molecule has 0 aliphatic carbocycles. The molecule has 3 rings (SSSR count). The van der Waals surface area contributed by atoms with Crippen LogP contribution >= 0.6 is 11.3 Å². The van der Waals surface area contributed by atoms with Gasteiger partial charge in [-0.2, -0.15) is 0 Å². The maximum Gasteiger partial charge on any atom is 0.254 e. The fourth-order valence-corrected chi connectivity index (χ4v) is 2.70. The highest BCUT2D eigenvalue weighted by atomic mass is 32.1. The standard InChI is InChI=1S/C16H12FN3OS/c17-13-9-5-4-8-12(13)15(21)18-10-14-19-20-16(22-14)11-6-2-1-3-7-11/h1-9H,10H2,(H,18,21). The van der Waals surface area contributed by atoms with Gasteiger partial charge in [0.1, 0.15) is 15.8 Å². The van der Waals surface area contributed by atoms with Crippen molar-refractivity contribution in [3.63, 3.8) is 0 Å². The molecule has 1 aromatic heterocycles. The molecule has 0 fully saturated rings. The SMILES string of the molecule is O=C(NCc1nnc(-c2ccccc2)s1)c1ccccc1F. The van der Waals surface area contributed by atoms with Crippen LogP contribution in [0, 0.1) is 5.82 Å². The molecule has 0 aliphatic rings. The van der Waals surface area contributed by atoms with Crippen molar-refractivity contribution in [1.82, 2.24) is 15.5 Å². The maximum absolute atomic E-state index is 13.5. The average molecular weight is 313 g/mol. The molecule has 0 bridgehead atoms. The summed E-state index contributed by atoms with van der Waals surface area (Å²) in [7, 11) is 0. The van der Waals surface area contributed by atoms with Crippen LogP contribution in [0.1, 0.15) is 15.4 Å². The van der Waals surface area contributed by atoms with E-state index in [2.05, 4.69) is 15.5 Å². The van der Waals surface area contributed by atoms with E-state index in [4.69, 9.17) is 0 Å². The lowest BCUT2D eigenvalue weighted by molar-refractivity contribution is 0.0947. The number of hydrogen-bond donors (Lipinski definition) is 1. The van der Waals surface area contributed by atoms with Gasteiger partial charge in [0.2, 0.25) is 0 Å². The molecule has 0 radical (unpaired) electrons. The number of nitrogens with one attached hydrogen (secondary N) is 1. The minimum absolute atomic E-state index is 0.0234. The lowest BCUT2D eigenvalue weighted by Gasteiger charge is -2.03. The monoisotopic (exact) mass is 313 g/mol. The van der Waals surface area contributed by atoms with Crippen LogP contribution < -0.4 is 5.32 Å². The summed E-state index contributed by atoms with van der Waals surface area (Å²) in [5.74, 6) is -1.00. The number of amides is 1. The number of benzene rings is 2. The Kier molecular flexibility index (Phi) is 4.20. The van der Waals surface area contributed by atoms with Gasteiger partial charge in [0.05, 0.1) is 12.1 Å². The normalized spacial score (nSPS) is 10.4. The molecule has 4 nitrogen and oxygen atoms in total. The van der Waals surface area contributed by atoms with Crippen LogP contribution in [0.3, 0.4) is 0 Å². The first-order valence-corrected chi connectivity index (χ1v) is 7.46. The van der Waals surface area contributed by atoms with Crippen molar-refractivity contribution in [3.05, 3.63) is 71.0 Å². The largest absolute Gasteiger partial charge is 0.345 e. The van der Waals surface area contributed by atoms with Crippen LogP contribution in [0.15, 0.2) is 54.6 Å². The van der Waals surface area contributed by atoms with E-state index in [1.165, 1.54) is 23.5 Å². The summed E-state index contributed by atoms with van der Waals surface area (Å²) < 4.78 is 13.5. The Morgan fingerprint density at radius 2 is 1.77 bits per heavy atom. The Bertz CT molecular complexity index is 789. The zero-order valence-electron chi connectivity index (χ0n) is 11.5. The Morgan fingerprint density at radius 3 is 2.55 bits per heavy atom. The fourth-order valence-electron chi connectivity index (χ4n) is 1.92. The third kappa shape index (κ3) is 3.17. The molecule has 1 heterocycles. The minimum Gasteiger partial charge on any atom is -0.345 e. The smallest absolute Gasteiger partial charge is 0.254 e. The highest BCUT2D eigenvalue weighted by Crippen LogP contribution is 2.22. The summed E-state index contributed by atoms with van der Waals surface area (Å²) in [6.45, 7) is 0.220. The molecule has 0 spiro atoms. The van der Waals surface area contributed by atoms with Crippen molar-refractivity contribution in [1.29, 1.82) is 0 Å². The van der Waals surface area contributed by atoms with Gasteiger partial charge in [0.15, 0.2) is 0 Å². The van der Waals surface area contributed by atoms with Crippen molar-refractivity contribution in [3.8, 4) is 10.6 Å². The first kappa shape index (κ1) is 14.3. The molecule has 2 aromatic carbocycles. The summed E-state index contributed by atoms with van der Waals surface area (Å²) >= 11 is 1.40. The molecule has 22 heavy (non-hydrogen) atoms. The Balaban J connectivity index is 1.67. The lowest BCUT2D eigenvalue weighted by Crippen LogP contribution is -2.23. The summed E-state index contributed by atoms with van der Waals surface area (Å²) in [5.41, 5.74) is 1.00. The van der Waals surface area contributed by atoms with Crippen LogP contribution in [0.2, 0.25) is 0 Å². The quantitative estimate of drug-likeness (QED) is 0.804. The number of carbonyl (C=O) groups excluding carboxylic acids is 1. The molecule has 0 aliphatic heterocycles. The number of rotatable bonds is 4. The second-order valence-corrected chi connectivity index (χ2v) is 5.59. The van der Waals surface area contributed by atoms with Crippen molar-refractivity contribution in [2.45, 2.75) is 6.54 Å². The molecule has 3 aromatic rings. The second-order valence-electron chi connectivity index (χ2n) is 4.53. The molecule has 0 unspecified atom stereocenters. The van der Waals surface area contributed by atoms with Crippen LogP contribution in [0.4, 0.5) is 4.39 Å². The Hall–Kier alpha value is -2.60. The Morgan fingerprint density at radius 1 is 1.05 bits per heavy atom. The minimum atomic E-state index is -0.540. The summed E-state index contributed by atoms with van der Waals surface area (Å²) in [6, 6.07) is 15.5. The van der Waals surface area contributed by atoms with E-state index >= 15 is 0 Å². The summed E-state index contributed by atoms with van der Waals surface area (Å²) in [5, 5.41) is 12.2. The highest BCUT2D eigenvalue weighted by Gasteiger charge is 2.12. The number of nitrogens with zero attached hydrogens (tertiary/aromatic N) is 2. The van der Waals surface area contributed by atoms with Gasteiger partial charge in [-0.3, -0.25) is 4.79 Å². The topological polar surface area (TPSA) is 54.9 Å². The number of halogens is 1. The van der Waals surface area contributed by atoms with Gasteiger partial charge in [-0.25, -0.2) is 4.39 Å². The third-order valence-electron chi connectivity index (χ3n) is 3.01. The average Bonchev–Trinajstić information content (AvgIpc) is 3.03. The van der Waals surface area contributed by atoms with Crippen LogP contribution in [-0.2, 0) is 6.54 Å². The molecule has 0 atom stereocenters. The second kappa shape index (κ2) is 6.44. The molecule has 110 valence electrons. The molecule has 1 N–H and O–H groups in total. The predicted molar refractivity (Wildman–Crippen MR) is 82.9 cm³/mol. The van der Waals surface area contributed by atoms with Crippen LogP contribution in [-0.4, -0.2) is 16.1 Å². The van der Waals surface area contributed by atoms with Crippen molar-refractivity contribution in [2.24, 2.45) is 0 Å². The van der Waals surface area contributed by atoms with Gasteiger partial charge in [0.25, 0.3) is 5.91 Å². The van der Waals surface area contributed by atoms with E-state index in [1.54, 1.807) is 12.1 Å². The molecule has 0 saturated carbocycles. The predicted octanol–water partition coefficient (Wildman–Crippen LogP) is 3.27. The Labute approximate surface area is 130 Å². The zero-order chi connectivity index (χ0) is 15.4. The van der Waals surface area contributed by atoms with E-state index in [1.807, 2.05) is 30.3 Å². The first-order chi connectivity index (χ1) is 10.7. The zero-order valence-corrected chi connectivity index (χ0v) is 12.3. The highest BCUT2D eigenvalue weighted by molar-refractivity contribution is 7.14. The lowest BCUT2D eigenvalue weighted by atomic mass is 10.2. The molecule has 0 saturated heterocycles. The van der Waals surface area contributed by atoms with E-state index in [-0.39, 0.29) is 12.1 Å². The first-order valence-electron chi connectivity index (χ1n) is 6.64. The van der Waals surface area contributed by atoms with Crippen LogP contribution in [0.5, 0.6) is 0 Å². The van der Waals surface area contributed by atoms with E-state index in [9.17, 15) is 9.18 Å².